The van der Waals surface area contributed by atoms with Gasteiger partial charge in [0, 0.05) is 5.56 Å². The SMILES string of the molecule is CCCCCCCCCC[N+](C)(C)C(Cl)(Cl)c1ccccc1. The molecule has 0 radical (unpaired) electrons. The molecule has 0 heterocycles. The van der Waals surface area contributed by atoms with Crippen LogP contribution in [0.1, 0.15) is 63.9 Å². The molecular formula is C19H32Cl2N+. The molecule has 0 saturated heterocycles. The number of hydrogen-bond acceptors (Lipinski definition) is 0. The number of alkyl halides is 2. The summed E-state index contributed by atoms with van der Waals surface area (Å²) in [5, 5.41) is 0. The minimum atomic E-state index is -0.887. The fourth-order valence-electron chi connectivity index (χ4n) is 2.77. The van der Waals surface area contributed by atoms with Crippen molar-refractivity contribution in [2.75, 3.05) is 20.6 Å². The maximum atomic E-state index is 6.69. The largest absolute Gasteiger partial charge is 0.294 e. The van der Waals surface area contributed by atoms with Crippen LogP contribution in [0.25, 0.3) is 0 Å². The second-order valence-electron chi connectivity index (χ2n) is 6.79. The molecule has 0 aliphatic heterocycles. The molecule has 0 aromatic heterocycles. The molecule has 0 amide bonds. The summed E-state index contributed by atoms with van der Waals surface area (Å²) in [4.78, 5) is 0. The zero-order valence-electron chi connectivity index (χ0n) is 14.5. The lowest BCUT2D eigenvalue weighted by Gasteiger charge is -2.40. The van der Waals surface area contributed by atoms with Gasteiger partial charge in [0.25, 0.3) is 4.46 Å². The minimum Gasteiger partial charge on any atom is -0.294 e. The number of benzene rings is 1. The molecule has 0 N–H and O–H groups in total. The number of hydrogen-bond donors (Lipinski definition) is 0. The van der Waals surface area contributed by atoms with E-state index in [9.17, 15) is 0 Å². The van der Waals surface area contributed by atoms with Crippen LogP contribution in [0, 0.1) is 0 Å². The minimum absolute atomic E-state index is 0.593. The van der Waals surface area contributed by atoms with Crippen molar-refractivity contribution in [2.45, 2.75) is 62.7 Å². The van der Waals surface area contributed by atoms with Gasteiger partial charge >= 0.3 is 0 Å². The van der Waals surface area contributed by atoms with Gasteiger partial charge in [0.1, 0.15) is 0 Å². The van der Waals surface area contributed by atoms with Crippen LogP contribution in [0.15, 0.2) is 30.3 Å². The van der Waals surface area contributed by atoms with E-state index in [1.54, 1.807) is 0 Å². The Labute approximate surface area is 147 Å². The predicted octanol–water partition coefficient (Wildman–Crippen LogP) is 6.49. The van der Waals surface area contributed by atoms with Crippen LogP contribution in [0.3, 0.4) is 0 Å². The molecule has 3 heteroatoms. The maximum absolute atomic E-state index is 6.69. The highest BCUT2D eigenvalue weighted by molar-refractivity contribution is 6.46. The van der Waals surface area contributed by atoms with E-state index in [0.29, 0.717) is 4.48 Å². The van der Waals surface area contributed by atoms with Gasteiger partial charge in [-0.05, 0) is 48.2 Å². The third-order valence-electron chi connectivity index (χ3n) is 4.45. The van der Waals surface area contributed by atoms with Crippen molar-refractivity contribution in [2.24, 2.45) is 0 Å². The highest BCUT2D eigenvalue weighted by Gasteiger charge is 2.43. The first-order valence-corrected chi connectivity index (χ1v) is 9.44. The fraction of sp³-hybridized carbons (Fsp3) is 0.684. The standard InChI is InChI=1S/C19H32Cl2N/c1-4-5-6-7-8-9-10-14-17-22(2,3)19(20,21)18-15-12-11-13-16-18/h11-13,15-16H,4-10,14,17H2,1-3H3/q+1. The van der Waals surface area contributed by atoms with Gasteiger partial charge in [0.05, 0.1) is 20.6 Å². The van der Waals surface area contributed by atoms with E-state index in [2.05, 4.69) is 21.0 Å². The number of halogens is 2. The Balaban J connectivity index is 2.34. The van der Waals surface area contributed by atoms with Gasteiger partial charge in [-0.3, -0.25) is 4.48 Å². The summed E-state index contributed by atoms with van der Waals surface area (Å²) in [6.07, 6.45) is 10.6. The molecule has 1 rings (SSSR count). The molecule has 1 aromatic rings. The number of unbranched alkanes of at least 4 members (excludes halogenated alkanes) is 7. The van der Waals surface area contributed by atoms with E-state index >= 15 is 0 Å². The zero-order chi connectivity index (χ0) is 16.5. The van der Waals surface area contributed by atoms with E-state index in [-0.39, 0.29) is 0 Å². The highest BCUT2D eigenvalue weighted by Crippen LogP contribution is 2.41. The molecule has 0 aliphatic rings. The van der Waals surface area contributed by atoms with Crippen molar-refractivity contribution in [3.05, 3.63) is 35.9 Å². The molecule has 22 heavy (non-hydrogen) atoms. The molecule has 0 atom stereocenters. The smallest absolute Gasteiger partial charge is 0.277 e. The molecule has 0 spiro atoms. The monoisotopic (exact) mass is 344 g/mol. The molecule has 0 fully saturated rings. The molecule has 1 nitrogen and oxygen atoms in total. The lowest BCUT2D eigenvalue weighted by atomic mass is 10.1. The van der Waals surface area contributed by atoms with Crippen molar-refractivity contribution in [3.8, 4) is 0 Å². The van der Waals surface area contributed by atoms with E-state index in [1.807, 2.05) is 30.3 Å². The van der Waals surface area contributed by atoms with E-state index in [4.69, 9.17) is 23.2 Å². The fourth-order valence-corrected chi connectivity index (χ4v) is 3.19. The van der Waals surface area contributed by atoms with Gasteiger partial charge in [0.2, 0.25) is 0 Å². The van der Waals surface area contributed by atoms with E-state index in [1.165, 1.54) is 51.4 Å². The molecule has 1 aromatic carbocycles. The zero-order valence-corrected chi connectivity index (χ0v) is 16.0. The molecule has 0 saturated carbocycles. The van der Waals surface area contributed by atoms with Crippen molar-refractivity contribution in [1.29, 1.82) is 0 Å². The summed E-state index contributed by atoms with van der Waals surface area (Å²) in [5.74, 6) is 0. The summed E-state index contributed by atoms with van der Waals surface area (Å²) >= 11 is 13.4. The normalized spacial score (nSPS) is 12.6. The summed E-state index contributed by atoms with van der Waals surface area (Å²) in [7, 11) is 4.24. The molecular weight excluding hydrogens is 313 g/mol. The Bertz CT molecular complexity index is 401. The molecule has 126 valence electrons. The second kappa shape index (κ2) is 9.80. The van der Waals surface area contributed by atoms with Crippen LogP contribution in [-0.4, -0.2) is 25.1 Å². The quantitative estimate of drug-likeness (QED) is 0.186. The van der Waals surface area contributed by atoms with Crippen LogP contribution in [0.5, 0.6) is 0 Å². The Morgan fingerprint density at radius 1 is 0.818 bits per heavy atom. The average Bonchev–Trinajstić information content (AvgIpc) is 2.50. The third kappa shape index (κ3) is 6.10. The van der Waals surface area contributed by atoms with E-state index < -0.39 is 4.46 Å². The Morgan fingerprint density at radius 2 is 1.32 bits per heavy atom. The Hall–Kier alpha value is -0.240. The van der Waals surface area contributed by atoms with E-state index in [0.717, 1.165) is 12.1 Å². The highest BCUT2D eigenvalue weighted by atomic mass is 35.5. The lowest BCUT2D eigenvalue weighted by molar-refractivity contribution is -0.920. The van der Waals surface area contributed by atoms with Gasteiger partial charge in [-0.1, -0.05) is 63.6 Å². The first kappa shape index (κ1) is 19.8. The van der Waals surface area contributed by atoms with Crippen LogP contribution in [0.4, 0.5) is 0 Å². The Kier molecular flexibility index (Phi) is 8.82. The van der Waals surface area contributed by atoms with Gasteiger partial charge in [0.15, 0.2) is 0 Å². The van der Waals surface area contributed by atoms with Crippen LogP contribution in [0.2, 0.25) is 0 Å². The molecule has 0 bridgehead atoms. The summed E-state index contributed by atoms with van der Waals surface area (Å²) in [6.45, 7) is 3.26. The molecule has 0 unspecified atom stereocenters. The van der Waals surface area contributed by atoms with Crippen molar-refractivity contribution < 1.29 is 4.48 Å². The Morgan fingerprint density at radius 3 is 1.86 bits per heavy atom. The summed E-state index contributed by atoms with van der Waals surface area (Å²) in [5.41, 5.74) is 0.975. The summed E-state index contributed by atoms with van der Waals surface area (Å²) in [6, 6.07) is 9.99. The van der Waals surface area contributed by atoms with Crippen LogP contribution < -0.4 is 0 Å². The van der Waals surface area contributed by atoms with Crippen molar-refractivity contribution in [3.63, 3.8) is 0 Å². The second-order valence-corrected chi connectivity index (χ2v) is 8.08. The van der Waals surface area contributed by atoms with Gasteiger partial charge < -0.3 is 0 Å². The predicted molar refractivity (Wildman–Crippen MR) is 99.4 cm³/mol. The summed E-state index contributed by atoms with van der Waals surface area (Å²) < 4.78 is -0.293. The average molecular weight is 345 g/mol. The number of nitrogens with zero attached hydrogens (tertiary/aromatic N) is 1. The first-order valence-electron chi connectivity index (χ1n) is 8.68. The maximum Gasteiger partial charge on any atom is 0.277 e. The molecule has 0 aliphatic carbocycles. The topological polar surface area (TPSA) is 0 Å². The van der Waals surface area contributed by atoms with Gasteiger partial charge in [-0.25, -0.2) is 0 Å². The van der Waals surface area contributed by atoms with Crippen LogP contribution in [-0.2, 0) is 4.46 Å². The number of rotatable bonds is 11. The van der Waals surface area contributed by atoms with Crippen molar-refractivity contribution >= 4 is 23.2 Å². The van der Waals surface area contributed by atoms with Crippen LogP contribution >= 0.6 is 23.2 Å². The van der Waals surface area contributed by atoms with Gasteiger partial charge in [-0.15, -0.1) is 0 Å². The van der Waals surface area contributed by atoms with Crippen molar-refractivity contribution in [1.82, 2.24) is 0 Å². The van der Waals surface area contributed by atoms with Gasteiger partial charge in [-0.2, -0.15) is 0 Å². The lowest BCUT2D eigenvalue weighted by Crippen LogP contribution is -2.51. The first-order chi connectivity index (χ1) is 10.4. The third-order valence-corrected chi connectivity index (χ3v) is 5.80. The number of quaternary nitrogens is 1.